The Hall–Kier alpha value is -3.22. The number of pyridine rings is 1. The van der Waals surface area contributed by atoms with E-state index in [1.54, 1.807) is 19.5 Å². The van der Waals surface area contributed by atoms with E-state index < -0.39 is 0 Å². The highest BCUT2D eigenvalue weighted by Gasteiger charge is 2.17. The molecule has 1 amide bonds. The Morgan fingerprint density at radius 1 is 1.24 bits per heavy atom. The molecule has 0 saturated carbocycles. The van der Waals surface area contributed by atoms with Crippen molar-refractivity contribution in [1.29, 1.82) is 0 Å². The number of ether oxygens (including phenoxy) is 1. The third kappa shape index (κ3) is 3.08. The highest BCUT2D eigenvalue weighted by molar-refractivity contribution is 6.09. The lowest BCUT2D eigenvalue weighted by atomic mass is 10.0. The van der Waals surface area contributed by atoms with E-state index >= 15 is 0 Å². The first-order valence-corrected chi connectivity index (χ1v) is 7.97. The van der Waals surface area contributed by atoms with Gasteiger partial charge in [-0.2, -0.15) is 0 Å². The smallest absolute Gasteiger partial charge is 0.272 e. The summed E-state index contributed by atoms with van der Waals surface area (Å²) < 4.78 is 5.34. The normalized spacial score (nSPS) is 10.6. The molecule has 0 aliphatic carbocycles. The van der Waals surface area contributed by atoms with Crippen LogP contribution < -0.4 is 15.8 Å². The zero-order chi connectivity index (χ0) is 17.8. The van der Waals surface area contributed by atoms with Crippen molar-refractivity contribution in [3.8, 4) is 17.0 Å². The van der Waals surface area contributed by atoms with Gasteiger partial charge in [-0.05, 0) is 6.42 Å². The van der Waals surface area contributed by atoms with Gasteiger partial charge >= 0.3 is 0 Å². The van der Waals surface area contributed by atoms with Crippen LogP contribution in [-0.4, -0.2) is 34.5 Å². The van der Waals surface area contributed by atoms with Crippen molar-refractivity contribution < 1.29 is 9.53 Å². The number of benzene rings is 1. The second-order valence-corrected chi connectivity index (χ2v) is 5.48. The zero-order valence-electron chi connectivity index (χ0n) is 14.1. The average Bonchev–Trinajstić information content (AvgIpc) is 2.66. The maximum atomic E-state index is 12.2. The van der Waals surface area contributed by atoms with Crippen molar-refractivity contribution in [3.63, 3.8) is 0 Å². The summed E-state index contributed by atoms with van der Waals surface area (Å²) in [5.41, 5.74) is 8.26. The van der Waals surface area contributed by atoms with Gasteiger partial charge in [0, 0.05) is 29.1 Å². The largest absolute Gasteiger partial charge is 0.493 e. The van der Waals surface area contributed by atoms with Crippen molar-refractivity contribution in [3.05, 3.63) is 42.6 Å². The summed E-state index contributed by atoms with van der Waals surface area (Å²) in [7, 11) is 1.57. The van der Waals surface area contributed by atoms with Gasteiger partial charge in [-0.25, -0.2) is 15.0 Å². The Bertz CT molecular complexity index is 926. The summed E-state index contributed by atoms with van der Waals surface area (Å²) in [5.74, 6) is 0.282. The highest BCUT2D eigenvalue weighted by Crippen LogP contribution is 2.34. The minimum absolute atomic E-state index is 0.229. The molecule has 3 aromatic rings. The second kappa shape index (κ2) is 7.12. The molecule has 3 rings (SSSR count). The molecule has 7 heteroatoms. The number of nitrogen functional groups attached to an aromatic ring is 1. The predicted molar refractivity (Wildman–Crippen MR) is 96.4 cm³/mol. The van der Waals surface area contributed by atoms with Crippen LogP contribution in [0.2, 0.25) is 0 Å². The molecule has 0 saturated heterocycles. The van der Waals surface area contributed by atoms with Crippen LogP contribution in [-0.2, 0) is 0 Å². The van der Waals surface area contributed by atoms with Gasteiger partial charge in [-0.3, -0.25) is 4.79 Å². The zero-order valence-corrected chi connectivity index (χ0v) is 14.1. The summed E-state index contributed by atoms with van der Waals surface area (Å²) in [6.45, 7) is 2.56. The first-order valence-electron chi connectivity index (χ1n) is 7.97. The molecule has 0 unspecified atom stereocenters. The summed E-state index contributed by atoms with van der Waals surface area (Å²) in [5, 5.41) is 4.34. The van der Waals surface area contributed by atoms with Crippen molar-refractivity contribution in [2.75, 3.05) is 19.4 Å². The molecule has 2 aromatic heterocycles. The minimum Gasteiger partial charge on any atom is -0.493 e. The average molecular weight is 337 g/mol. The molecule has 3 N–H and O–H groups in total. The van der Waals surface area contributed by atoms with Crippen molar-refractivity contribution in [1.82, 2.24) is 20.3 Å². The molecule has 0 fully saturated rings. The molecule has 0 spiro atoms. The van der Waals surface area contributed by atoms with Gasteiger partial charge in [0.25, 0.3) is 5.91 Å². The summed E-state index contributed by atoms with van der Waals surface area (Å²) in [6, 6.07) is 5.63. The number of anilines is 1. The molecule has 0 atom stereocenters. The number of nitrogens with one attached hydrogen (secondary N) is 1. The molecule has 25 heavy (non-hydrogen) atoms. The predicted octanol–water partition coefficient (Wildman–Crippen LogP) is 2.42. The Labute approximate surface area is 145 Å². The number of aromatic nitrogens is 3. The summed E-state index contributed by atoms with van der Waals surface area (Å²) >= 11 is 0. The fourth-order valence-corrected chi connectivity index (χ4v) is 2.64. The maximum Gasteiger partial charge on any atom is 0.272 e. The highest BCUT2D eigenvalue weighted by atomic mass is 16.5. The molecule has 7 nitrogen and oxygen atoms in total. The molecule has 2 heterocycles. The van der Waals surface area contributed by atoms with E-state index in [9.17, 15) is 4.79 Å². The van der Waals surface area contributed by atoms with Crippen LogP contribution in [0.3, 0.4) is 0 Å². The minimum atomic E-state index is -0.272. The van der Waals surface area contributed by atoms with Gasteiger partial charge in [0.05, 0.1) is 19.0 Å². The molecule has 0 aliphatic rings. The first kappa shape index (κ1) is 16.6. The molecular weight excluding hydrogens is 318 g/mol. The quantitative estimate of drug-likeness (QED) is 0.741. The van der Waals surface area contributed by atoms with Gasteiger partial charge in [0.15, 0.2) is 11.4 Å². The van der Waals surface area contributed by atoms with Crippen LogP contribution in [0.25, 0.3) is 22.0 Å². The number of hydrogen-bond donors (Lipinski definition) is 2. The maximum absolute atomic E-state index is 12.2. The van der Waals surface area contributed by atoms with Gasteiger partial charge < -0.3 is 15.8 Å². The lowest BCUT2D eigenvalue weighted by molar-refractivity contribution is 0.0950. The van der Waals surface area contributed by atoms with Gasteiger partial charge in [-0.15, -0.1) is 0 Å². The van der Waals surface area contributed by atoms with Crippen molar-refractivity contribution >= 4 is 22.4 Å². The number of carbonyl (C=O) groups excluding carboxylic acids is 1. The summed E-state index contributed by atoms with van der Waals surface area (Å²) in [6.07, 6.45) is 5.55. The van der Waals surface area contributed by atoms with Crippen LogP contribution in [0.5, 0.6) is 5.75 Å². The van der Waals surface area contributed by atoms with E-state index in [4.69, 9.17) is 10.5 Å². The number of nitrogens with zero attached hydrogens (tertiary/aromatic N) is 3. The van der Waals surface area contributed by atoms with Crippen molar-refractivity contribution in [2.45, 2.75) is 13.3 Å². The number of fused-ring (bicyclic) bond motifs is 1. The first-order chi connectivity index (χ1) is 12.2. The molecule has 128 valence electrons. The monoisotopic (exact) mass is 337 g/mol. The molecule has 0 radical (unpaired) electrons. The summed E-state index contributed by atoms with van der Waals surface area (Å²) in [4.78, 5) is 24.8. The Morgan fingerprint density at radius 2 is 2.08 bits per heavy atom. The lowest BCUT2D eigenvalue weighted by Gasteiger charge is -2.12. The number of methoxy groups -OCH3 is 1. The molecule has 0 bridgehead atoms. The van der Waals surface area contributed by atoms with Crippen LogP contribution in [0.4, 0.5) is 5.69 Å². The topological polar surface area (TPSA) is 103 Å². The van der Waals surface area contributed by atoms with E-state index in [1.165, 1.54) is 6.33 Å². The molecular formula is C18H19N5O2. The van der Waals surface area contributed by atoms with Crippen LogP contribution >= 0.6 is 0 Å². The standard InChI is InChI=1S/C18H19N5O2/c1-3-7-21-18(24)17-15(19)11-5-4-6-12(13(11)8-22-17)16-14(25-2)9-20-10-23-16/h4-6,8-10H,3,7,19H2,1-2H3,(H,21,24). The SMILES string of the molecule is CCCNC(=O)c1ncc2c(-c3ncncc3OC)cccc2c1N. The number of nitrogens with two attached hydrogens (primary N) is 1. The Balaban J connectivity index is 2.15. The fraction of sp³-hybridized carbons (Fsp3) is 0.222. The molecule has 1 aromatic carbocycles. The third-order valence-corrected chi connectivity index (χ3v) is 3.88. The van der Waals surface area contributed by atoms with E-state index in [0.29, 0.717) is 23.7 Å². The van der Waals surface area contributed by atoms with E-state index in [2.05, 4.69) is 20.3 Å². The lowest BCUT2D eigenvalue weighted by Crippen LogP contribution is -2.26. The number of hydrogen-bond acceptors (Lipinski definition) is 6. The van der Waals surface area contributed by atoms with E-state index in [-0.39, 0.29) is 11.6 Å². The fourth-order valence-electron chi connectivity index (χ4n) is 2.64. The van der Waals surface area contributed by atoms with E-state index in [1.807, 2.05) is 25.1 Å². The van der Waals surface area contributed by atoms with Crippen LogP contribution in [0.15, 0.2) is 36.9 Å². The van der Waals surface area contributed by atoms with E-state index in [0.717, 1.165) is 22.8 Å². The number of rotatable bonds is 5. The van der Waals surface area contributed by atoms with Crippen LogP contribution in [0.1, 0.15) is 23.8 Å². The third-order valence-electron chi connectivity index (χ3n) is 3.88. The Kier molecular flexibility index (Phi) is 4.74. The Morgan fingerprint density at radius 3 is 2.84 bits per heavy atom. The van der Waals surface area contributed by atoms with Gasteiger partial charge in [-0.1, -0.05) is 25.1 Å². The van der Waals surface area contributed by atoms with Gasteiger partial charge in [0.2, 0.25) is 0 Å². The molecule has 0 aliphatic heterocycles. The van der Waals surface area contributed by atoms with Crippen LogP contribution in [0, 0.1) is 0 Å². The number of amides is 1. The number of carbonyl (C=O) groups is 1. The van der Waals surface area contributed by atoms with Crippen molar-refractivity contribution in [2.24, 2.45) is 0 Å². The van der Waals surface area contributed by atoms with Gasteiger partial charge in [0.1, 0.15) is 12.0 Å². The second-order valence-electron chi connectivity index (χ2n) is 5.48.